The number of hydrogen-bond acceptors (Lipinski definition) is 2. The van der Waals surface area contributed by atoms with Gasteiger partial charge in [-0.3, -0.25) is 0 Å². The number of aryl methyl sites for hydroxylation is 2. The first kappa shape index (κ1) is 11.7. The third-order valence-corrected chi connectivity index (χ3v) is 2.33. The van der Waals surface area contributed by atoms with Crippen molar-refractivity contribution in [2.45, 2.75) is 33.3 Å². The second kappa shape index (κ2) is 6.21. The summed E-state index contributed by atoms with van der Waals surface area (Å²) in [6.45, 7) is 5.50. The zero-order valence-electron chi connectivity index (χ0n) is 9.42. The molecule has 15 heavy (non-hydrogen) atoms. The molecule has 80 valence electrons. The van der Waals surface area contributed by atoms with E-state index in [0.717, 1.165) is 6.42 Å². The van der Waals surface area contributed by atoms with Crippen LogP contribution in [-0.4, -0.2) is 6.61 Å². The van der Waals surface area contributed by atoms with Crippen LogP contribution >= 0.6 is 0 Å². The molecule has 0 unspecified atom stereocenters. The largest absolute Gasteiger partial charge is 0.377 e. The highest BCUT2D eigenvalue weighted by molar-refractivity contribution is 5.29. The lowest BCUT2D eigenvalue weighted by Crippen LogP contribution is -1.97. The summed E-state index contributed by atoms with van der Waals surface area (Å²) in [6.07, 6.45) is 1.40. The van der Waals surface area contributed by atoms with E-state index in [0.29, 0.717) is 19.6 Å². The molecule has 2 heteroatoms. The van der Waals surface area contributed by atoms with Gasteiger partial charge in [-0.15, -0.1) is 0 Å². The van der Waals surface area contributed by atoms with E-state index in [1.807, 2.05) is 0 Å². The minimum absolute atomic E-state index is 0.576. The Hall–Kier alpha value is -1.33. The first-order valence-corrected chi connectivity index (χ1v) is 5.25. The fourth-order valence-electron chi connectivity index (χ4n) is 1.44. The third-order valence-electron chi connectivity index (χ3n) is 2.33. The molecular formula is C13H17NO. The molecule has 0 bridgehead atoms. The summed E-state index contributed by atoms with van der Waals surface area (Å²) in [6, 6.07) is 8.47. The fourth-order valence-corrected chi connectivity index (χ4v) is 1.44. The first-order valence-electron chi connectivity index (χ1n) is 5.25. The van der Waals surface area contributed by atoms with Crippen molar-refractivity contribution >= 4 is 0 Å². The molecule has 0 aliphatic rings. The van der Waals surface area contributed by atoms with Gasteiger partial charge in [-0.1, -0.05) is 23.8 Å². The Labute approximate surface area is 91.5 Å². The van der Waals surface area contributed by atoms with E-state index < -0.39 is 0 Å². The number of ether oxygens (including phenoxy) is 1. The summed E-state index contributed by atoms with van der Waals surface area (Å²) >= 11 is 0. The lowest BCUT2D eigenvalue weighted by molar-refractivity contribution is 0.119. The highest BCUT2D eigenvalue weighted by Crippen LogP contribution is 2.11. The molecule has 0 heterocycles. The second-order valence-electron chi connectivity index (χ2n) is 3.74. The predicted molar refractivity (Wildman–Crippen MR) is 60.4 cm³/mol. The van der Waals surface area contributed by atoms with Crippen LogP contribution in [0.25, 0.3) is 0 Å². The van der Waals surface area contributed by atoms with Crippen LogP contribution in [0.15, 0.2) is 18.2 Å². The molecule has 0 atom stereocenters. The Morgan fingerprint density at radius 2 is 2.13 bits per heavy atom. The molecule has 0 saturated heterocycles. The summed E-state index contributed by atoms with van der Waals surface area (Å²) in [5, 5.41) is 8.35. The topological polar surface area (TPSA) is 33.0 Å². The Kier molecular flexibility index (Phi) is 4.86. The van der Waals surface area contributed by atoms with Gasteiger partial charge in [-0.25, -0.2) is 0 Å². The van der Waals surface area contributed by atoms with Crippen LogP contribution < -0.4 is 0 Å². The maximum atomic E-state index is 8.35. The van der Waals surface area contributed by atoms with Crippen molar-refractivity contribution in [2.75, 3.05) is 6.61 Å². The van der Waals surface area contributed by atoms with Gasteiger partial charge in [0.25, 0.3) is 0 Å². The van der Waals surface area contributed by atoms with Crippen molar-refractivity contribution < 1.29 is 4.74 Å². The molecular weight excluding hydrogens is 186 g/mol. The molecule has 1 aromatic rings. The van der Waals surface area contributed by atoms with Crippen LogP contribution in [0.3, 0.4) is 0 Å². The van der Waals surface area contributed by atoms with Crippen molar-refractivity contribution in [1.82, 2.24) is 0 Å². The normalized spacial score (nSPS) is 9.93. The first-order chi connectivity index (χ1) is 7.24. The molecule has 0 amide bonds. The quantitative estimate of drug-likeness (QED) is 0.689. The highest BCUT2D eigenvalue weighted by Gasteiger charge is 1.98. The minimum Gasteiger partial charge on any atom is -0.377 e. The zero-order valence-corrected chi connectivity index (χ0v) is 9.42. The lowest BCUT2D eigenvalue weighted by Gasteiger charge is -2.07. The molecule has 2 nitrogen and oxygen atoms in total. The summed E-state index contributed by atoms with van der Waals surface area (Å²) in [4.78, 5) is 0. The summed E-state index contributed by atoms with van der Waals surface area (Å²) in [5.41, 5.74) is 3.79. The Morgan fingerprint density at radius 3 is 2.80 bits per heavy atom. The van der Waals surface area contributed by atoms with Gasteiger partial charge in [0.05, 0.1) is 12.7 Å². The molecule has 1 rings (SSSR count). The molecule has 0 spiro atoms. The van der Waals surface area contributed by atoms with E-state index in [-0.39, 0.29) is 0 Å². The monoisotopic (exact) mass is 203 g/mol. The van der Waals surface area contributed by atoms with Gasteiger partial charge in [0.15, 0.2) is 0 Å². The molecule has 0 radical (unpaired) electrons. The van der Waals surface area contributed by atoms with Crippen LogP contribution in [0.1, 0.15) is 29.5 Å². The maximum absolute atomic E-state index is 8.35. The minimum atomic E-state index is 0.576. The van der Waals surface area contributed by atoms with Crippen LogP contribution in [0.4, 0.5) is 0 Å². The van der Waals surface area contributed by atoms with Crippen molar-refractivity contribution in [3.8, 4) is 6.07 Å². The van der Waals surface area contributed by atoms with Gasteiger partial charge in [0.1, 0.15) is 0 Å². The lowest BCUT2D eigenvalue weighted by atomic mass is 10.1. The summed E-state index contributed by atoms with van der Waals surface area (Å²) in [7, 11) is 0. The van der Waals surface area contributed by atoms with Crippen LogP contribution in [0.2, 0.25) is 0 Å². The van der Waals surface area contributed by atoms with Gasteiger partial charge in [0, 0.05) is 13.0 Å². The number of nitrogens with zero attached hydrogens (tertiary/aromatic N) is 1. The Morgan fingerprint density at radius 1 is 1.33 bits per heavy atom. The van der Waals surface area contributed by atoms with E-state index in [9.17, 15) is 0 Å². The van der Waals surface area contributed by atoms with Gasteiger partial charge >= 0.3 is 0 Å². The van der Waals surface area contributed by atoms with Crippen LogP contribution in [0.5, 0.6) is 0 Å². The van der Waals surface area contributed by atoms with Gasteiger partial charge in [-0.05, 0) is 31.4 Å². The molecule has 0 aliphatic heterocycles. The van der Waals surface area contributed by atoms with Crippen molar-refractivity contribution in [2.24, 2.45) is 0 Å². The third kappa shape index (κ3) is 4.14. The molecule has 0 saturated carbocycles. The zero-order chi connectivity index (χ0) is 11.1. The smallest absolute Gasteiger partial charge is 0.0719 e. The predicted octanol–water partition coefficient (Wildman–Crippen LogP) is 3.12. The molecule has 0 aromatic heterocycles. The van der Waals surface area contributed by atoms with Gasteiger partial charge in [0.2, 0.25) is 0 Å². The molecule has 0 fully saturated rings. The fraction of sp³-hybridized carbons (Fsp3) is 0.462. The highest BCUT2D eigenvalue weighted by atomic mass is 16.5. The Bertz CT molecular complexity index is 352. The van der Waals surface area contributed by atoms with Gasteiger partial charge in [-0.2, -0.15) is 5.26 Å². The van der Waals surface area contributed by atoms with E-state index in [2.05, 4.69) is 38.1 Å². The standard InChI is InChI=1S/C13H17NO/c1-11-5-6-13(12(2)9-11)10-15-8-4-3-7-14/h5-6,9H,3-4,8,10H2,1-2H3. The number of nitriles is 1. The van der Waals surface area contributed by atoms with E-state index in [1.165, 1.54) is 16.7 Å². The SMILES string of the molecule is Cc1ccc(COCCCC#N)c(C)c1. The van der Waals surface area contributed by atoms with Gasteiger partial charge < -0.3 is 4.74 Å². The van der Waals surface area contributed by atoms with Crippen molar-refractivity contribution in [3.63, 3.8) is 0 Å². The number of unbranched alkanes of at least 4 members (excludes halogenated alkanes) is 1. The summed E-state index contributed by atoms with van der Waals surface area (Å²) in [5.74, 6) is 0. The summed E-state index contributed by atoms with van der Waals surface area (Å²) < 4.78 is 5.49. The number of hydrogen-bond donors (Lipinski definition) is 0. The molecule has 1 aromatic carbocycles. The average Bonchev–Trinajstić information content (AvgIpc) is 2.20. The second-order valence-corrected chi connectivity index (χ2v) is 3.74. The molecule has 0 aliphatic carbocycles. The number of benzene rings is 1. The van der Waals surface area contributed by atoms with E-state index >= 15 is 0 Å². The van der Waals surface area contributed by atoms with Crippen molar-refractivity contribution in [3.05, 3.63) is 34.9 Å². The Balaban J connectivity index is 2.35. The molecule has 0 N–H and O–H groups in total. The van der Waals surface area contributed by atoms with Crippen LogP contribution in [-0.2, 0) is 11.3 Å². The van der Waals surface area contributed by atoms with E-state index in [4.69, 9.17) is 10.00 Å². The number of rotatable bonds is 5. The van der Waals surface area contributed by atoms with E-state index in [1.54, 1.807) is 0 Å². The maximum Gasteiger partial charge on any atom is 0.0719 e. The average molecular weight is 203 g/mol. The van der Waals surface area contributed by atoms with Crippen molar-refractivity contribution in [1.29, 1.82) is 5.26 Å². The van der Waals surface area contributed by atoms with Crippen LogP contribution in [0, 0.1) is 25.2 Å².